The van der Waals surface area contributed by atoms with Gasteiger partial charge in [0, 0.05) is 30.4 Å². The van der Waals surface area contributed by atoms with Gasteiger partial charge >= 0.3 is 11.9 Å². The molecule has 2 aliphatic heterocycles. The lowest BCUT2D eigenvalue weighted by Gasteiger charge is -2.30. The zero-order valence-corrected chi connectivity index (χ0v) is 18.9. The van der Waals surface area contributed by atoms with Gasteiger partial charge < -0.3 is 20.1 Å². The third kappa shape index (κ3) is 4.54. The fourth-order valence-electron chi connectivity index (χ4n) is 4.65. The van der Waals surface area contributed by atoms with E-state index in [-0.39, 0.29) is 23.8 Å². The molecule has 6 nitrogen and oxygen atoms in total. The number of ether oxygens (including phenoxy) is 2. The van der Waals surface area contributed by atoms with Gasteiger partial charge in [0.15, 0.2) is 0 Å². The van der Waals surface area contributed by atoms with Gasteiger partial charge in [0.1, 0.15) is 5.82 Å². The second kappa shape index (κ2) is 9.58. The molecule has 0 aromatic heterocycles. The zero-order valence-electron chi connectivity index (χ0n) is 18.9. The van der Waals surface area contributed by atoms with E-state index in [9.17, 15) is 14.0 Å². The number of rotatable bonds is 6. The number of methoxy groups -OCH3 is 1. The molecule has 33 heavy (non-hydrogen) atoms. The molecule has 0 bridgehead atoms. The maximum Gasteiger partial charge on any atom is 0.336 e. The Morgan fingerprint density at radius 2 is 1.76 bits per heavy atom. The average molecular weight is 451 g/mol. The van der Waals surface area contributed by atoms with E-state index in [0.717, 1.165) is 6.54 Å². The van der Waals surface area contributed by atoms with Crippen LogP contribution in [0.25, 0.3) is 0 Å². The predicted molar refractivity (Wildman–Crippen MR) is 121 cm³/mol. The highest BCUT2D eigenvalue weighted by Crippen LogP contribution is 2.39. The Labute approximate surface area is 192 Å². The van der Waals surface area contributed by atoms with Crippen LogP contribution in [-0.2, 0) is 25.6 Å². The molecule has 0 aliphatic carbocycles. The third-order valence-corrected chi connectivity index (χ3v) is 6.18. The van der Waals surface area contributed by atoms with Gasteiger partial charge in [-0.25, -0.2) is 14.0 Å². The van der Waals surface area contributed by atoms with Gasteiger partial charge in [-0.3, -0.25) is 0 Å². The van der Waals surface area contributed by atoms with Gasteiger partial charge in [0.05, 0.1) is 30.8 Å². The third-order valence-electron chi connectivity index (χ3n) is 6.18. The Kier molecular flexibility index (Phi) is 6.60. The molecule has 2 aliphatic rings. The molecule has 2 heterocycles. The number of allylic oxidation sites excluding steroid dienone is 2. The van der Waals surface area contributed by atoms with E-state index in [4.69, 9.17) is 9.47 Å². The molecular weight excluding hydrogens is 423 g/mol. The van der Waals surface area contributed by atoms with Crippen LogP contribution < -0.4 is 10.6 Å². The minimum atomic E-state index is -0.799. The molecule has 2 aromatic carbocycles. The van der Waals surface area contributed by atoms with Crippen LogP contribution >= 0.6 is 0 Å². The number of hydrogen-bond donors (Lipinski definition) is 2. The van der Waals surface area contributed by atoms with Crippen molar-refractivity contribution < 1.29 is 23.5 Å². The quantitative estimate of drug-likeness (QED) is 0.648. The largest absolute Gasteiger partial charge is 0.466 e. The number of dihydropyridines is 1. The van der Waals surface area contributed by atoms with Crippen molar-refractivity contribution in [3.05, 3.63) is 93.6 Å². The first-order valence-corrected chi connectivity index (χ1v) is 10.9. The lowest BCUT2D eigenvalue weighted by Crippen LogP contribution is -2.32. The van der Waals surface area contributed by atoms with E-state index >= 15 is 0 Å². The second-order valence-electron chi connectivity index (χ2n) is 8.24. The summed E-state index contributed by atoms with van der Waals surface area (Å²) in [6.07, 6.45) is 0.617. The van der Waals surface area contributed by atoms with Crippen molar-refractivity contribution in [1.29, 1.82) is 0 Å². The molecule has 0 saturated carbocycles. The van der Waals surface area contributed by atoms with Crippen molar-refractivity contribution in [3.8, 4) is 0 Å². The van der Waals surface area contributed by atoms with Gasteiger partial charge in [-0.1, -0.05) is 36.4 Å². The maximum absolute atomic E-state index is 14.1. The van der Waals surface area contributed by atoms with Crippen molar-refractivity contribution in [2.45, 2.75) is 38.8 Å². The number of benzene rings is 2. The van der Waals surface area contributed by atoms with E-state index in [1.165, 1.54) is 30.4 Å². The Hall–Kier alpha value is -3.45. The summed E-state index contributed by atoms with van der Waals surface area (Å²) in [4.78, 5) is 25.9. The van der Waals surface area contributed by atoms with Crippen molar-refractivity contribution in [2.24, 2.45) is 0 Å². The number of esters is 2. The highest BCUT2D eigenvalue weighted by molar-refractivity contribution is 5.99. The van der Waals surface area contributed by atoms with E-state index in [1.54, 1.807) is 26.0 Å². The number of fused-ring (bicyclic) bond motifs is 1. The van der Waals surface area contributed by atoms with Crippen LogP contribution in [0.5, 0.6) is 0 Å². The highest BCUT2D eigenvalue weighted by atomic mass is 19.1. The van der Waals surface area contributed by atoms with Crippen molar-refractivity contribution in [2.75, 3.05) is 13.7 Å². The zero-order chi connectivity index (χ0) is 23.5. The topological polar surface area (TPSA) is 76.7 Å². The smallest absolute Gasteiger partial charge is 0.336 e. The molecule has 2 aromatic rings. The van der Waals surface area contributed by atoms with Gasteiger partial charge in [0.2, 0.25) is 0 Å². The second-order valence-corrected chi connectivity index (χ2v) is 8.24. The van der Waals surface area contributed by atoms with Crippen LogP contribution in [0.1, 0.15) is 48.9 Å². The molecule has 2 atom stereocenters. The Bertz CT molecular complexity index is 1150. The van der Waals surface area contributed by atoms with Crippen LogP contribution in [0.4, 0.5) is 4.39 Å². The average Bonchev–Trinajstić information content (AvgIpc) is 3.21. The molecular formula is C26H27FN2O4. The molecule has 2 unspecified atom stereocenters. The van der Waals surface area contributed by atoms with Gasteiger partial charge in [-0.05, 0) is 42.7 Å². The summed E-state index contributed by atoms with van der Waals surface area (Å²) in [7, 11) is 1.28. The van der Waals surface area contributed by atoms with Crippen LogP contribution in [0.15, 0.2) is 71.1 Å². The van der Waals surface area contributed by atoms with Crippen molar-refractivity contribution >= 4 is 11.9 Å². The van der Waals surface area contributed by atoms with Crippen LogP contribution in [0.2, 0.25) is 0 Å². The first-order valence-electron chi connectivity index (χ1n) is 10.9. The SMILES string of the molecule is COC(=O)C1=C(C)NC(C)=C(C(=O)OCCC2NCc3ccccc32)C1c1cccc(F)c1. The van der Waals surface area contributed by atoms with Crippen molar-refractivity contribution in [3.63, 3.8) is 0 Å². The Balaban J connectivity index is 1.57. The summed E-state index contributed by atoms with van der Waals surface area (Å²) in [5, 5.41) is 6.52. The molecule has 4 rings (SSSR count). The van der Waals surface area contributed by atoms with Crippen LogP contribution in [-0.4, -0.2) is 25.7 Å². The van der Waals surface area contributed by atoms with Gasteiger partial charge in [-0.15, -0.1) is 0 Å². The van der Waals surface area contributed by atoms with Gasteiger partial charge in [-0.2, -0.15) is 0 Å². The minimum absolute atomic E-state index is 0.111. The summed E-state index contributed by atoms with van der Waals surface area (Å²) in [5.41, 5.74) is 4.58. The normalized spacial score (nSPS) is 19.8. The molecule has 0 radical (unpaired) electrons. The summed E-state index contributed by atoms with van der Waals surface area (Å²) in [5.74, 6) is -2.38. The van der Waals surface area contributed by atoms with Crippen LogP contribution in [0.3, 0.4) is 0 Å². The molecule has 0 spiro atoms. The number of nitrogens with one attached hydrogen (secondary N) is 2. The molecule has 0 saturated heterocycles. The first-order chi connectivity index (χ1) is 15.9. The molecule has 172 valence electrons. The number of carbonyl (C=O) groups is 2. The minimum Gasteiger partial charge on any atom is -0.466 e. The molecule has 0 amide bonds. The highest BCUT2D eigenvalue weighted by Gasteiger charge is 2.38. The standard InChI is InChI=1S/C26H27FN2O4/c1-15-22(25(30)32-3)24(17-8-6-9-19(27)13-17)23(16(2)29-15)26(31)33-12-11-21-20-10-5-4-7-18(20)14-28-21/h4-10,13,21,24,28-29H,11-12,14H2,1-3H3. The molecule has 2 N–H and O–H groups in total. The summed E-state index contributed by atoms with van der Waals surface area (Å²) < 4.78 is 24.7. The van der Waals surface area contributed by atoms with Gasteiger partial charge in [0.25, 0.3) is 0 Å². The monoisotopic (exact) mass is 450 g/mol. The summed E-state index contributed by atoms with van der Waals surface area (Å²) >= 11 is 0. The molecule has 7 heteroatoms. The lowest BCUT2D eigenvalue weighted by molar-refractivity contribution is -0.139. The summed E-state index contributed by atoms with van der Waals surface area (Å²) in [6, 6.07) is 14.2. The lowest BCUT2D eigenvalue weighted by atomic mass is 9.80. The number of halogens is 1. The van der Waals surface area contributed by atoms with E-state index in [2.05, 4.69) is 22.8 Å². The Morgan fingerprint density at radius 1 is 1.03 bits per heavy atom. The number of hydrogen-bond acceptors (Lipinski definition) is 6. The first kappa shape index (κ1) is 22.7. The molecule has 0 fully saturated rings. The van der Waals surface area contributed by atoms with E-state index < -0.39 is 23.7 Å². The van der Waals surface area contributed by atoms with Crippen LogP contribution in [0, 0.1) is 5.82 Å². The Morgan fingerprint density at radius 3 is 2.48 bits per heavy atom. The van der Waals surface area contributed by atoms with Crippen molar-refractivity contribution in [1.82, 2.24) is 10.6 Å². The van der Waals surface area contributed by atoms with E-state index in [1.807, 2.05) is 12.1 Å². The number of carbonyl (C=O) groups excluding carboxylic acids is 2. The maximum atomic E-state index is 14.1. The fraction of sp³-hybridized carbons (Fsp3) is 0.308. The summed E-state index contributed by atoms with van der Waals surface area (Å²) in [6.45, 7) is 4.47. The van der Waals surface area contributed by atoms with E-state index in [0.29, 0.717) is 23.4 Å². The fourth-order valence-corrected chi connectivity index (χ4v) is 4.65. The predicted octanol–water partition coefficient (Wildman–Crippen LogP) is 4.01.